The van der Waals surface area contributed by atoms with Crippen molar-refractivity contribution in [2.45, 2.75) is 4.90 Å². The molecule has 1 amide bonds. The molecule has 0 aliphatic heterocycles. The van der Waals surface area contributed by atoms with Crippen LogP contribution in [-0.2, 0) is 0 Å². The van der Waals surface area contributed by atoms with E-state index in [2.05, 4.69) is 28.5 Å². The summed E-state index contributed by atoms with van der Waals surface area (Å²) in [7, 11) is 0. The average molecular weight is 452 g/mol. The molecular weight excluding hydrogens is 434 g/mol. The van der Waals surface area contributed by atoms with Gasteiger partial charge in [-0.05, 0) is 17.7 Å². The number of carbonyl (C=O) groups is 1. The highest BCUT2D eigenvalue weighted by Crippen LogP contribution is 2.37. The van der Waals surface area contributed by atoms with Gasteiger partial charge in [-0.3, -0.25) is 14.9 Å². The Balaban J connectivity index is 1.48. The molecule has 156 valence electrons. The van der Waals surface area contributed by atoms with Crippen LogP contribution in [0.1, 0.15) is 10.4 Å². The number of rotatable bonds is 7. The molecule has 0 bridgehead atoms. The van der Waals surface area contributed by atoms with Crippen molar-refractivity contribution < 1.29 is 9.72 Å². The number of nitrogens with one attached hydrogen (secondary N) is 2. The van der Waals surface area contributed by atoms with Gasteiger partial charge in [-0.25, -0.2) is 0 Å². The molecular formula is C23H18ClN3O3S. The van der Waals surface area contributed by atoms with E-state index in [1.807, 2.05) is 36.4 Å². The second kappa shape index (κ2) is 9.24. The molecule has 2 N–H and O–H groups in total. The second-order valence-corrected chi connectivity index (χ2v) is 8.28. The Hall–Kier alpha value is -3.29. The lowest BCUT2D eigenvalue weighted by Crippen LogP contribution is -2.26. The molecule has 0 aliphatic carbocycles. The molecule has 0 spiro atoms. The standard InChI is InChI=1S/C23H18ClN3O3S/c24-19-11-10-16(27(29)30)14-18(19)23(28)25-12-13-31-22-17-8-4-5-9-20(17)26-21(22)15-6-2-1-3-7-15/h1-11,14,26H,12-13H2,(H,25,28). The van der Waals surface area contributed by atoms with Crippen molar-refractivity contribution in [3.63, 3.8) is 0 Å². The molecule has 1 aromatic heterocycles. The van der Waals surface area contributed by atoms with Crippen molar-refractivity contribution in [1.82, 2.24) is 10.3 Å². The van der Waals surface area contributed by atoms with Gasteiger partial charge >= 0.3 is 0 Å². The Kier molecular flexibility index (Phi) is 6.25. The van der Waals surface area contributed by atoms with E-state index in [1.54, 1.807) is 11.8 Å². The third-order valence-corrected chi connectivity index (χ3v) is 6.21. The van der Waals surface area contributed by atoms with Gasteiger partial charge < -0.3 is 10.3 Å². The quantitative estimate of drug-likeness (QED) is 0.158. The minimum Gasteiger partial charge on any atom is -0.354 e. The van der Waals surface area contributed by atoms with Crippen LogP contribution in [0.3, 0.4) is 0 Å². The first-order valence-corrected chi connectivity index (χ1v) is 10.9. The number of halogens is 1. The van der Waals surface area contributed by atoms with E-state index in [-0.39, 0.29) is 16.3 Å². The van der Waals surface area contributed by atoms with Crippen LogP contribution in [0, 0.1) is 10.1 Å². The van der Waals surface area contributed by atoms with Crippen LogP contribution in [-0.4, -0.2) is 28.1 Å². The Morgan fingerprint density at radius 1 is 1.06 bits per heavy atom. The van der Waals surface area contributed by atoms with Crippen molar-refractivity contribution in [2.75, 3.05) is 12.3 Å². The fourth-order valence-electron chi connectivity index (χ4n) is 3.29. The summed E-state index contributed by atoms with van der Waals surface area (Å²) in [6.45, 7) is 0.385. The third kappa shape index (κ3) is 4.57. The average Bonchev–Trinajstić information content (AvgIpc) is 3.16. The predicted molar refractivity (Wildman–Crippen MR) is 125 cm³/mol. The van der Waals surface area contributed by atoms with Crippen LogP contribution in [0.25, 0.3) is 22.2 Å². The van der Waals surface area contributed by atoms with Crippen molar-refractivity contribution >= 4 is 45.9 Å². The molecule has 4 aromatic rings. The number of aromatic amines is 1. The lowest BCUT2D eigenvalue weighted by atomic mass is 10.1. The van der Waals surface area contributed by atoms with Crippen molar-refractivity contribution in [3.8, 4) is 11.3 Å². The number of nitro benzene ring substituents is 1. The van der Waals surface area contributed by atoms with Crippen LogP contribution in [0.15, 0.2) is 77.7 Å². The first kappa shape index (κ1) is 21.0. The molecule has 0 saturated heterocycles. The summed E-state index contributed by atoms with van der Waals surface area (Å²) in [4.78, 5) is 27.5. The summed E-state index contributed by atoms with van der Waals surface area (Å²) in [6, 6.07) is 22.0. The highest BCUT2D eigenvalue weighted by atomic mass is 35.5. The lowest BCUT2D eigenvalue weighted by molar-refractivity contribution is -0.384. The normalized spacial score (nSPS) is 10.9. The maximum atomic E-state index is 12.5. The van der Waals surface area contributed by atoms with Gasteiger partial charge in [0.1, 0.15) is 0 Å². The summed E-state index contributed by atoms with van der Waals surface area (Å²) in [5, 5.41) is 15.1. The van der Waals surface area contributed by atoms with E-state index in [0.29, 0.717) is 12.3 Å². The number of para-hydroxylation sites is 1. The molecule has 0 radical (unpaired) electrons. The van der Waals surface area contributed by atoms with E-state index < -0.39 is 10.8 Å². The molecule has 0 aliphatic rings. The first-order chi connectivity index (χ1) is 15.0. The minimum absolute atomic E-state index is 0.0953. The largest absolute Gasteiger partial charge is 0.354 e. The van der Waals surface area contributed by atoms with E-state index in [0.717, 1.165) is 27.1 Å². The summed E-state index contributed by atoms with van der Waals surface area (Å²) in [5.74, 6) is 0.191. The monoisotopic (exact) mass is 451 g/mol. The summed E-state index contributed by atoms with van der Waals surface area (Å²) in [6.07, 6.45) is 0. The number of thioether (sulfide) groups is 1. The molecule has 1 heterocycles. The van der Waals surface area contributed by atoms with E-state index in [4.69, 9.17) is 11.6 Å². The Morgan fingerprint density at radius 2 is 1.81 bits per heavy atom. The number of fused-ring (bicyclic) bond motifs is 1. The highest BCUT2D eigenvalue weighted by molar-refractivity contribution is 7.99. The fourth-order valence-corrected chi connectivity index (χ4v) is 4.55. The Labute approximate surface area is 187 Å². The zero-order valence-electron chi connectivity index (χ0n) is 16.3. The highest BCUT2D eigenvalue weighted by Gasteiger charge is 2.16. The van der Waals surface area contributed by atoms with E-state index in [9.17, 15) is 14.9 Å². The number of benzene rings is 3. The molecule has 0 fully saturated rings. The summed E-state index contributed by atoms with van der Waals surface area (Å²) >= 11 is 7.69. The number of aromatic nitrogens is 1. The zero-order valence-corrected chi connectivity index (χ0v) is 17.9. The van der Waals surface area contributed by atoms with Crippen LogP contribution in [0.5, 0.6) is 0 Å². The summed E-state index contributed by atoms with van der Waals surface area (Å²) in [5.41, 5.74) is 3.11. The van der Waals surface area contributed by atoms with E-state index >= 15 is 0 Å². The van der Waals surface area contributed by atoms with Gasteiger partial charge in [-0.2, -0.15) is 0 Å². The number of hydrogen-bond acceptors (Lipinski definition) is 4. The second-order valence-electron chi connectivity index (χ2n) is 6.77. The van der Waals surface area contributed by atoms with Crippen molar-refractivity contribution in [2.24, 2.45) is 0 Å². The van der Waals surface area contributed by atoms with Crippen LogP contribution in [0.2, 0.25) is 5.02 Å². The minimum atomic E-state index is -0.551. The summed E-state index contributed by atoms with van der Waals surface area (Å²) < 4.78 is 0. The van der Waals surface area contributed by atoms with E-state index in [1.165, 1.54) is 18.2 Å². The number of hydrogen-bond donors (Lipinski definition) is 2. The molecule has 0 unspecified atom stereocenters. The van der Waals surface area contributed by atoms with Crippen LogP contribution >= 0.6 is 23.4 Å². The number of nitro groups is 1. The topological polar surface area (TPSA) is 88.0 Å². The maximum Gasteiger partial charge on any atom is 0.270 e. The molecule has 0 saturated carbocycles. The molecule has 6 nitrogen and oxygen atoms in total. The number of H-pyrrole nitrogens is 1. The fraction of sp³-hybridized carbons (Fsp3) is 0.0870. The Morgan fingerprint density at radius 3 is 2.58 bits per heavy atom. The van der Waals surface area contributed by atoms with Crippen molar-refractivity contribution in [3.05, 3.63) is 93.5 Å². The van der Waals surface area contributed by atoms with Gasteiger partial charge in [-0.1, -0.05) is 60.1 Å². The molecule has 3 aromatic carbocycles. The van der Waals surface area contributed by atoms with Crippen LogP contribution in [0.4, 0.5) is 5.69 Å². The molecule has 31 heavy (non-hydrogen) atoms. The Bertz CT molecular complexity index is 1260. The SMILES string of the molecule is O=C(NCCSc1c(-c2ccccc2)[nH]c2ccccc12)c1cc([N+](=O)[O-])ccc1Cl. The van der Waals surface area contributed by atoms with Gasteiger partial charge in [0.2, 0.25) is 0 Å². The van der Waals surface area contributed by atoms with Gasteiger partial charge in [0.25, 0.3) is 11.6 Å². The van der Waals surface area contributed by atoms with Crippen LogP contribution < -0.4 is 5.32 Å². The predicted octanol–water partition coefficient (Wildman–Crippen LogP) is 5.92. The smallest absolute Gasteiger partial charge is 0.270 e. The maximum absolute atomic E-state index is 12.5. The van der Waals surface area contributed by atoms with Gasteiger partial charge in [0, 0.05) is 40.2 Å². The first-order valence-electron chi connectivity index (χ1n) is 9.55. The third-order valence-electron chi connectivity index (χ3n) is 4.76. The van der Waals surface area contributed by atoms with Gasteiger partial charge in [-0.15, -0.1) is 11.8 Å². The van der Waals surface area contributed by atoms with Gasteiger partial charge in [0.05, 0.1) is 21.2 Å². The number of carbonyl (C=O) groups excluding carboxylic acids is 1. The molecule has 4 rings (SSSR count). The lowest BCUT2D eigenvalue weighted by Gasteiger charge is -2.08. The molecule has 8 heteroatoms. The number of non-ortho nitro benzene ring substituents is 1. The number of nitrogens with zero attached hydrogens (tertiary/aromatic N) is 1. The molecule has 0 atom stereocenters. The number of amides is 1. The van der Waals surface area contributed by atoms with Gasteiger partial charge in [0.15, 0.2) is 0 Å². The van der Waals surface area contributed by atoms with Crippen molar-refractivity contribution in [1.29, 1.82) is 0 Å². The zero-order chi connectivity index (χ0) is 21.8.